The Balaban J connectivity index is 1.26. The zero-order valence-electron chi connectivity index (χ0n) is 20.2. The average Bonchev–Trinajstić information content (AvgIpc) is 3.57. The van der Waals surface area contributed by atoms with Crippen molar-refractivity contribution in [2.24, 2.45) is 0 Å². The minimum atomic E-state index is -0.288. The fourth-order valence-corrected chi connectivity index (χ4v) is 4.83. The van der Waals surface area contributed by atoms with Crippen molar-refractivity contribution >= 4 is 10.9 Å². The second-order valence-electron chi connectivity index (χ2n) is 9.39. The lowest BCUT2D eigenvalue weighted by Gasteiger charge is -2.25. The summed E-state index contributed by atoms with van der Waals surface area (Å²) in [5.41, 5.74) is 2.06. The Bertz CT molecular complexity index is 1450. The van der Waals surface area contributed by atoms with Crippen LogP contribution in [0.5, 0.6) is 11.5 Å². The number of halogens is 1. The van der Waals surface area contributed by atoms with Crippen LogP contribution in [-0.4, -0.2) is 62.6 Å². The molecule has 1 unspecified atom stereocenters. The van der Waals surface area contributed by atoms with E-state index in [-0.39, 0.29) is 17.5 Å². The van der Waals surface area contributed by atoms with Gasteiger partial charge in [-0.15, -0.1) is 5.10 Å². The molecular weight excluding hydrogens is 479 g/mol. The van der Waals surface area contributed by atoms with Crippen LogP contribution in [0.3, 0.4) is 0 Å². The number of hydrogen-bond donors (Lipinski definition) is 1. The van der Waals surface area contributed by atoms with E-state index in [1.54, 1.807) is 16.8 Å². The predicted molar refractivity (Wildman–Crippen MR) is 132 cm³/mol. The minimum Gasteiger partial charge on any atom is -0.486 e. The molecular formula is C26H27FN6O4. The lowest BCUT2D eigenvalue weighted by Crippen LogP contribution is -2.34. The topological polar surface area (TPSA) is 107 Å². The number of rotatable bonds is 8. The van der Waals surface area contributed by atoms with E-state index in [9.17, 15) is 9.18 Å². The summed E-state index contributed by atoms with van der Waals surface area (Å²) in [6, 6.07) is 11.9. The summed E-state index contributed by atoms with van der Waals surface area (Å²) in [5, 5.41) is 13.1. The van der Waals surface area contributed by atoms with Crippen molar-refractivity contribution in [1.82, 2.24) is 30.1 Å². The summed E-state index contributed by atoms with van der Waals surface area (Å²) in [6.45, 7) is 3.60. The van der Waals surface area contributed by atoms with Gasteiger partial charge < -0.3 is 19.2 Å². The van der Waals surface area contributed by atoms with Crippen molar-refractivity contribution in [3.8, 4) is 11.5 Å². The van der Waals surface area contributed by atoms with Crippen LogP contribution >= 0.6 is 0 Å². The number of aromatic nitrogens is 5. The summed E-state index contributed by atoms with van der Waals surface area (Å²) in [7, 11) is 0. The standard InChI is InChI=1S/C26H27FN6O4/c27-20-5-3-17(4-6-20)13-33-25(29-30-31-33)16-32(15-21-2-1-7-35-21)14-19-10-18-11-23-24(37-9-8-36-23)12-22(18)28-26(19)34/h3-6,10-12,21H,1-2,7-9,13-16H2,(H,28,34). The van der Waals surface area contributed by atoms with E-state index >= 15 is 0 Å². The lowest BCUT2D eigenvalue weighted by molar-refractivity contribution is 0.0663. The fraction of sp³-hybridized carbons (Fsp3) is 0.385. The highest BCUT2D eigenvalue weighted by Crippen LogP contribution is 2.33. The van der Waals surface area contributed by atoms with Crippen LogP contribution < -0.4 is 15.0 Å². The van der Waals surface area contributed by atoms with Crippen molar-refractivity contribution in [3.63, 3.8) is 0 Å². The first-order valence-corrected chi connectivity index (χ1v) is 12.4. The summed E-state index contributed by atoms with van der Waals surface area (Å²) in [6.07, 6.45) is 2.07. The number of pyridine rings is 1. The normalized spacial score (nSPS) is 17.1. The Morgan fingerprint density at radius 2 is 1.86 bits per heavy atom. The van der Waals surface area contributed by atoms with Crippen LogP contribution in [0.25, 0.3) is 10.9 Å². The molecule has 10 nitrogen and oxygen atoms in total. The fourth-order valence-electron chi connectivity index (χ4n) is 4.83. The molecule has 0 amide bonds. The monoisotopic (exact) mass is 506 g/mol. The Labute approximate surface area is 211 Å². The first-order valence-electron chi connectivity index (χ1n) is 12.4. The highest BCUT2D eigenvalue weighted by atomic mass is 19.1. The van der Waals surface area contributed by atoms with E-state index in [2.05, 4.69) is 25.4 Å². The molecule has 11 heteroatoms. The maximum atomic E-state index is 13.3. The smallest absolute Gasteiger partial charge is 0.252 e. The van der Waals surface area contributed by atoms with E-state index in [0.717, 1.165) is 30.4 Å². The number of nitrogens with zero attached hydrogens (tertiary/aromatic N) is 5. The summed E-state index contributed by atoms with van der Waals surface area (Å²) < 4.78 is 32.3. The van der Waals surface area contributed by atoms with Gasteiger partial charge in [-0.3, -0.25) is 9.69 Å². The molecule has 1 atom stereocenters. The molecule has 0 spiro atoms. The third-order valence-corrected chi connectivity index (χ3v) is 6.68. The highest BCUT2D eigenvalue weighted by molar-refractivity contribution is 5.83. The van der Waals surface area contributed by atoms with Crippen LogP contribution in [0, 0.1) is 5.82 Å². The van der Waals surface area contributed by atoms with Crippen LogP contribution in [0.1, 0.15) is 29.8 Å². The molecule has 37 heavy (non-hydrogen) atoms. The number of fused-ring (bicyclic) bond motifs is 2. The molecule has 0 bridgehead atoms. The van der Waals surface area contributed by atoms with Gasteiger partial charge in [-0.05, 0) is 53.1 Å². The Morgan fingerprint density at radius 1 is 1.05 bits per heavy atom. The molecule has 2 aliphatic heterocycles. The van der Waals surface area contributed by atoms with Crippen molar-refractivity contribution in [2.75, 3.05) is 26.4 Å². The Morgan fingerprint density at radius 3 is 2.65 bits per heavy atom. The largest absolute Gasteiger partial charge is 0.486 e. The maximum Gasteiger partial charge on any atom is 0.252 e. The Hall–Kier alpha value is -3.83. The molecule has 2 aliphatic rings. The number of nitrogens with one attached hydrogen (secondary N) is 1. The number of H-pyrrole nitrogens is 1. The van der Waals surface area contributed by atoms with Gasteiger partial charge in [0, 0.05) is 36.7 Å². The first kappa shape index (κ1) is 23.6. The molecule has 192 valence electrons. The second-order valence-corrected chi connectivity index (χ2v) is 9.39. The third-order valence-electron chi connectivity index (χ3n) is 6.68. The van der Waals surface area contributed by atoms with Gasteiger partial charge in [0.1, 0.15) is 19.0 Å². The summed E-state index contributed by atoms with van der Waals surface area (Å²) >= 11 is 0. The molecule has 1 fully saturated rings. The maximum absolute atomic E-state index is 13.3. The van der Waals surface area contributed by atoms with Gasteiger partial charge in [0.15, 0.2) is 17.3 Å². The van der Waals surface area contributed by atoms with E-state index in [1.165, 1.54) is 12.1 Å². The van der Waals surface area contributed by atoms with Gasteiger partial charge >= 0.3 is 0 Å². The number of hydrogen-bond acceptors (Lipinski definition) is 8. The highest BCUT2D eigenvalue weighted by Gasteiger charge is 2.23. The Kier molecular flexibility index (Phi) is 6.54. The molecule has 0 aliphatic carbocycles. The second kappa shape index (κ2) is 10.3. The van der Waals surface area contributed by atoms with E-state index in [0.29, 0.717) is 67.8 Å². The molecule has 6 rings (SSSR count). The van der Waals surface area contributed by atoms with Gasteiger partial charge in [-0.1, -0.05) is 12.1 Å². The van der Waals surface area contributed by atoms with E-state index in [4.69, 9.17) is 14.2 Å². The van der Waals surface area contributed by atoms with Gasteiger partial charge in [0.2, 0.25) is 0 Å². The van der Waals surface area contributed by atoms with Crippen molar-refractivity contribution in [1.29, 1.82) is 0 Å². The molecule has 1 N–H and O–H groups in total. The van der Waals surface area contributed by atoms with E-state index in [1.807, 2.05) is 18.2 Å². The van der Waals surface area contributed by atoms with Crippen LogP contribution in [0.15, 0.2) is 47.3 Å². The van der Waals surface area contributed by atoms with Crippen LogP contribution in [0.4, 0.5) is 4.39 Å². The number of ether oxygens (including phenoxy) is 3. The molecule has 0 saturated carbocycles. The summed E-state index contributed by atoms with van der Waals surface area (Å²) in [5.74, 6) is 1.67. The molecule has 0 radical (unpaired) electrons. The van der Waals surface area contributed by atoms with Crippen LogP contribution in [-0.2, 0) is 24.4 Å². The van der Waals surface area contributed by atoms with Gasteiger partial charge in [-0.25, -0.2) is 9.07 Å². The number of tetrazole rings is 1. The summed E-state index contributed by atoms with van der Waals surface area (Å²) in [4.78, 5) is 18.2. The molecule has 2 aromatic carbocycles. The van der Waals surface area contributed by atoms with Gasteiger partial charge in [0.05, 0.1) is 24.7 Å². The molecule has 1 saturated heterocycles. The average molecular weight is 507 g/mol. The van der Waals surface area contributed by atoms with Crippen LogP contribution in [0.2, 0.25) is 0 Å². The van der Waals surface area contributed by atoms with Gasteiger partial charge in [-0.2, -0.15) is 0 Å². The zero-order valence-corrected chi connectivity index (χ0v) is 20.2. The quantitative estimate of drug-likeness (QED) is 0.389. The minimum absolute atomic E-state index is 0.0820. The third kappa shape index (κ3) is 5.32. The van der Waals surface area contributed by atoms with Gasteiger partial charge in [0.25, 0.3) is 5.56 Å². The SMILES string of the molecule is O=c1[nH]c2cc3c(cc2cc1CN(Cc1nnnn1Cc1ccc(F)cc1)CC1CCCO1)OCCO3. The van der Waals surface area contributed by atoms with Crippen molar-refractivity contribution in [2.45, 2.75) is 38.6 Å². The zero-order chi connectivity index (χ0) is 25.2. The van der Waals surface area contributed by atoms with E-state index < -0.39 is 0 Å². The number of benzene rings is 2. The number of aromatic amines is 1. The van der Waals surface area contributed by atoms with Crippen molar-refractivity contribution < 1.29 is 18.6 Å². The molecule has 2 aromatic heterocycles. The molecule has 4 heterocycles. The lowest BCUT2D eigenvalue weighted by atomic mass is 10.1. The van der Waals surface area contributed by atoms with Crippen molar-refractivity contribution in [3.05, 3.63) is 75.6 Å². The molecule has 4 aromatic rings. The predicted octanol–water partition coefficient (Wildman–Crippen LogP) is 2.65. The first-order chi connectivity index (χ1) is 18.1.